The number of anilines is 2. The van der Waals surface area contributed by atoms with Gasteiger partial charge in [-0.25, -0.2) is 9.59 Å². The molecule has 3 N–H and O–H groups in total. The van der Waals surface area contributed by atoms with Crippen LogP contribution in [0.4, 0.5) is 16.2 Å². The van der Waals surface area contributed by atoms with Crippen molar-refractivity contribution in [1.29, 1.82) is 0 Å². The minimum absolute atomic E-state index is 0.0157. The number of carbonyl (C=O) groups is 3. The number of benzene rings is 1. The second-order valence-corrected chi connectivity index (χ2v) is 8.20. The molecular formula is C20H29ClN4O4. The smallest absolute Gasteiger partial charge is 0.326 e. The molecule has 1 aromatic rings. The number of carboxylic acid groups (broad SMARTS) is 1. The van der Waals surface area contributed by atoms with Crippen LogP contribution in [0.25, 0.3) is 0 Å². The molecule has 0 radical (unpaired) electrons. The maximum Gasteiger partial charge on any atom is 0.326 e. The minimum atomic E-state index is -1.08. The Bertz CT molecular complexity index is 761. The highest BCUT2D eigenvalue weighted by atomic mass is 35.5. The summed E-state index contributed by atoms with van der Waals surface area (Å²) in [4.78, 5) is 39.4. The maximum atomic E-state index is 12.1. The lowest BCUT2D eigenvalue weighted by atomic mass is 10.1. The van der Waals surface area contributed by atoms with Gasteiger partial charge in [0.25, 0.3) is 0 Å². The van der Waals surface area contributed by atoms with E-state index >= 15 is 0 Å². The zero-order valence-corrected chi connectivity index (χ0v) is 18.0. The number of nitrogens with zero attached hydrogens (tertiary/aromatic N) is 2. The van der Waals surface area contributed by atoms with Crippen LogP contribution in [0.15, 0.2) is 18.2 Å². The molecule has 0 saturated carbocycles. The van der Waals surface area contributed by atoms with Crippen LogP contribution in [0.1, 0.15) is 27.7 Å². The van der Waals surface area contributed by atoms with Crippen molar-refractivity contribution >= 4 is 40.9 Å². The highest BCUT2D eigenvalue weighted by Crippen LogP contribution is 2.29. The monoisotopic (exact) mass is 424 g/mol. The Morgan fingerprint density at radius 1 is 1.07 bits per heavy atom. The first kappa shape index (κ1) is 22.8. The summed E-state index contributed by atoms with van der Waals surface area (Å²) in [5.74, 6) is -1.19. The highest BCUT2D eigenvalue weighted by molar-refractivity contribution is 6.33. The molecule has 1 fully saturated rings. The third-order valence-electron chi connectivity index (χ3n) is 4.85. The SMILES string of the molecule is CC(C)C(=O)N1CCN(c2ccc(NC(=O)NC(C(=O)O)C(C)C)cc2Cl)CC1. The Labute approximate surface area is 176 Å². The number of carboxylic acids is 1. The number of carbonyl (C=O) groups excluding carboxylic acids is 2. The topological polar surface area (TPSA) is 102 Å². The van der Waals surface area contributed by atoms with E-state index in [0.29, 0.717) is 36.9 Å². The van der Waals surface area contributed by atoms with Crippen molar-refractivity contribution in [2.24, 2.45) is 11.8 Å². The zero-order valence-electron chi connectivity index (χ0n) is 17.2. The van der Waals surface area contributed by atoms with E-state index in [1.165, 1.54) is 0 Å². The van der Waals surface area contributed by atoms with Gasteiger partial charge < -0.3 is 25.5 Å². The van der Waals surface area contributed by atoms with Crippen molar-refractivity contribution in [3.8, 4) is 0 Å². The fourth-order valence-electron chi connectivity index (χ4n) is 3.20. The Balaban J connectivity index is 1.98. The van der Waals surface area contributed by atoms with Gasteiger partial charge in [0.15, 0.2) is 0 Å². The molecule has 2 rings (SSSR count). The number of urea groups is 1. The van der Waals surface area contributed by atoms with Gasteiger partial charge in [-0.05, 0) is 24.1 Å². The summed E-state index contributed by atoms with van der Waals surface area (Å²) in [6.45, 7) is 9.88. The second kappa shape index (κ2) is 9.82. The van der Waals surface area contributed by atoms with Crippen LogP contribution in [-0.2, 0) is 9.59 Å². The normalized spacial score (nSPS) is 15.4. The number of nitrogens with one attached hydrogen (secondary N) is 2. The van der Waals surface area contributed by atoms with E-state index in [2.05, 4.69) is 15.5 Å². The average Bonchev–Trinajstić information content (AvgIpc) is 2.65. The minimum Gasteiger partial charge on any atom is -0.480 e. The Kier molecular flexibility index (Phi) is 7.73. The molecule has 1 aliphatic heterocycles. The molecule has 1 aliphatic rings. The van der Waals surface area contributed by atoms with Gasteiger partial charge in [0.2, 0.25) is 5.91 Å². The molecule has 0 spiro atoms. The quantitative estimate of drug-likeness (QED) is 0.651. The van der Waals surface area contributed by atoms with Crippen molar-refractivity contribution in [2.75, 3.05) is 36.4 Å². The van der Waals surface area contributed by atoms with Crippen molar-refractivity contribution in [3.63, 3.8) is 0 Å². The molecule has 1 heterocycles. The van der Waals surface area contributed by atoms with Gasteiger partial charge in [-0.3, -0.25) is 4.79 Å². The summed E-state index contributed by atoms with van der Waals surface area (Å²) in [6.07, 6.45) is 0. The number of aliphatic carboxylic acids is 1. The Morgan fingerprint density at radius 3 is 2.17 bits per heavy atom. The van der Waals surface area contributed by atoms with Crippen LogP contribution in [0.2, 0.25) is 5.02 Å². The van der Waals surface area contributed by atoms with E-state index in [9.17, 15) is 19.5 Å². The lowest BCUT2D eigenvalue weighted by Gasteiger charge is -2.37. The number of amides is 3. The third kappa shape index (κ3) is 6.00. The van der Waals surface area contributed by atoms with Crippen molar-refractivity contribution in [2.45, 2.75) is 33.7 Å². The fraction of sp³-hybridized carbons (Fsp3) is 0.550. The molecule has 1 saturated heterocycles. The summed E-state index contributed by atoms with van der Waals surface area (Å²) >= 11 is 6.41. The molecule has 160 valence electrons. The predicted octanol–water partition coefficient (Wildman–Crippen LogP) is 2.88. The molecule has 29 heavy (non-hydrogen) atoms. The van der Waals surface area contributed by atoms with Gasteiger partial charge in [-0.1, -0.05) is 39.3 Å². The summed E-state index contributed by atoms with van der Waals surface area (Å²) < 4.78 is 0. The third-order valence-corrected chi connectivity index (χ3v) is 5.15. The molecule has 1 atom stereocenters. The van der Waals surface area contributed by atoms with E-state index < -0.39 is 18.0 Å². The van der Waals surface area contributed by atoms with Gasteiger partial charge in [0.05, 0.1) is 10.7 Å². The van der Waals surface area contributed by atoms with Crippen LogP contribution in [0, 0.1) is 11.8 Å². The maximum absolute atomic E-state index is 12.1. The number of rotatable bonds is 6. The van der Waals surface area contributed by atoms with Crippen LogP contribution >= 0.6 is 11.6 Å². The number of hydrogen-bond acceptors (Lipinski definition) is 4. The molecule has 3 amide bonds. The molecule has 9 heteroatoms. The number of piperazine rings is 1. The van der Waals surface area contributed by atoms with Crippen LogP contribution < -0.4 is 15.5 Å². The molecule has 1 aromatic carbocycles. The average molecular weight is 425 g/mol. The first-order chi connectivity index (χ1) is 13.6. The predicted molar refractivity (Wildman–Crippen MR) is 113 cm³/mol. The second-order valence-electron chi connectivity index (χ2n) is 7.79. The molecular weight excluding hydrogens is 396 g/mol. The first-order valence-electron chi connectivity index (χ1n) is 9.73. The molecule has 0 bridgehead atoms. The van der Waals surface area contributed by atoms with Crippen LogP contribution in [-0.4, -0.2) is 60.1 Å². The van der Waals surface area contributed by atoms with Gasteiger partial charge >= 0.3 is 12.0 Å². The molecule has 0 aliphatic carbocycles. The van der Waals surface area contributed by atoms with Gasteiger partial charge in [-0.15, -0.1) is 0 Å². The van der Waals surface area contributed by atoms with Crippen molar-refractivity contribution < 1.29 is 19.5 Å². The van der Waals surface area contributed by atoms with Crippen molar-refractivity contribution in [3.05, 3.63) is 23.2 Å². The van der Waals surface area contributed by atoms with Crippen LogP contribution in [0.5, 0.6) is 0 Å². The summed E-state index contributed by atoms with van der Waals surface area (Å²) in [6, 6.07) is 3.59. The first-order valence-corrected chi connectivity index (χ1v) is 10.1. The molecule has 0 aromatic heterocycles. The van der Waals surface area contributed by atoms with Gasteiger partial charge in [0, 0.05) is 37.8 Å². The highest BCUT2D eigenvalue weighted by Gasteiger charge is 2.25. The van der Waals surface area contributed by atoms with E-state index in [0.717, 1.165) is 5.69 Å². The summed E-state index contributed by atoms with van der Waals surface area (Å²) in [7, 11) is 0. The molecule has 8 nitrogen and oxygen atoms in total. The number of hydrogen-bond donors (Lipinski definition) is 3. The van der Waals surface area contributed by atoms with Gasteiger partial charge in [-0.2, -0.15) is 0 Å². The summed E-state index contributed by atoms with van der Waals surface area (Å²) in [5.41, 5.74) is 1.30. The van der Waals surface area contributed by atoms with E-state index in [4.69, 9.17) is 11.6 Å². The fourth-order valence-corrected chi connectivity index (χ4v) is 3.50. The standard InChI is InChI=1S/C20H29ClN4O4/c1-12(2)17(19(27)28)23-20(29)22-14-5-6-16(15(21)11-14)24-7-9-25(10-8-24)18(26)13(3)4/h5-6,11-13,17H,7-10H2,1-4H3,(H,27,28)(H2,22,23,29). The van der Waals surface area contributed by atoms with Crippen LogP contribution in [0.3, 0.4) is 0 Å². The van der Waals surface area contributed by atoms with E-state index in [-0.39, 0.29) is 17.7 Å². The van der Waals surface area contributed by atoms with E-state index in [1.807, 2.05) is 24.8 Å². The Hall–Kier alpha value is -2.48. The zero-order chi connectivity index (χ0) is 21.7. The number of halogens is 1. The lowest BCUT2D eigenvalue weighted by molar-refractivity contribution is -0.140. The Morgan fingerprint density at radius 2 is 1.69 bits per heavy atom. The largest absolute Gasteiger partial charge is 0.480 e. The van der Waals surface area contributed by atoms with Crippen molar-refractivity contribution in [1.82, 2.24) is 10.2 Å². The lowest BCUT2D eigenvalue weighted by Crippen LogP contribution is -2.50. The van der Waals surface area contributed by atoms with E-state index in [1.54, 1.807) is 26.0 Å². The van der Waals surface area contributed by atoms with Gasteiger partial charge in [0.1, 0.15) is 6.04 Å². The molecule has 1 unspecified atom stereocenters. The summed E-state index contributed by atoms with van der Waals surface area (Å²) in [5, 5.41) is 14.7.